The van der Waals surface area contributed by atoms with Gasteiger partial charge in [0.25, 0.3) is 5.89 Å². The third kappa shape index (κ3) is 4.86. The monoisotopic (exact) mass is 484 g/mol. The highest BCUT2D eigenvalue weighted by Crippen LogP contribution is 2.37. The molecule has 1 aliphatic heterocycles. The summed E-state index contributed by atoms with van der Waals surface area (Å²) in [5.41, 5.74) is 5.84. The number of halogens is 1. The van der Waals surface area contributed by atoms with Crippen LogP contribution in [0.5, 0.6) is 0 Å². The van der Waals surface area contributed by atoms with Gasteiger partial charge in [0.05, 0.1) is 11.6 Å². The molecule has 0 bridgehead atoms. The van der Waals surface area contributed by atoms with Gasteiger partial charge in [0.15, 0.2) is 5.11 Å². The van der Waals surface area contributed by atoms with Gasteiger partial charge in [-0.2, -0.15) is 4.98 Å². The second kappa shape index (κ2) is 9.80. The van der Waals surface area contributed by atoms with E-state index in [0.29, 0.717) is 23.4 Å². The molecule has 35 heavy (non-hydrogen) atoms. The standard InChI is InChI=1S/C28H25FN4OS/c1-18-7-6-10-22(17-18)26-31-27(34-32-26)24-19(2)33(16-15-20-8-4-3-5-9-20)28(35)30-25(24)21-11-13-23(29)14-12-21/h3-14,17,25H,15-16H2,1-2H3,(H,30,35). The van der Waals surface area contributed by atoms with Crippen LogP contribution in [0.15, 0.2) is 89.1 Å². The fourth-order valence-corrected chi connectivity index (χ4v) is 4.70. The molecule has 0 radical (unpaired) electrons. The summed E-state index contributed by atoms with van der Waals surface area (Å²) >= 11 is 5.76. The molecule has 2 heterocycles. The van der Waals surface area contributed by atoms with E-state index in [1.54, 1.807) is 12.1 Å². The van der Waals surface area contributed by atoms with Crippen LogP contribution in [0, 0.1) is 12.7 Å². The minimum atomic E-state index is -0.345. The number of nitrogens with zero attached hydrogens (tertiary/aromatic N) is 3. The maximum Gasteiger partial charge on any atom is 0.258 e. The molecule has 0 amide bonds. The molecule has 1 unspecified atom stereocenters. The van der Waals surface area contributed by atoms with Gasteiger partial charge in [-0.05, 0) is 61.8 Å². The lowest BCUT2D eigenvalue weighted by Gasteiger charge is -2.37. The van der Waals surface area contributed by atoms with Crippen LogP contribution in [0.2, 0.25) is 0 Å². The Kier molecular flexibility index (Phi) is 6.42. The van der Waals surface area contributed by atoms with Crippen LogP contribution in [0.1, 0.15) is 35.5 Å². The molecule has 1 atom stereocenters. The summed E-state index contributed by atoms with van der Waals surface area (Å²) in [4.78, 5) is 6.81. The summed E-state index contributed by atoms with van der Waals surface area (Å²) < 4.78 is 19.5. The second-order valence-electron chi connectivity index (χ2n) is 8.61. The van der Waals surface area contributed by atoms with E-state index in [4.69, 9.17) is 21.7 Å². The largest absolute Gasteiger partial charge is 0.351 e. The number of benzene rings is 3. The van der Waals surface area contributed by atoms with Crippen molar-refractivity contribution in [1.29, 1.82) is 0 Å². The fraction of sp³-hybridized carbons (Fsp3) is 0.179. The number of aryl methyl sites for hydroxylation is 1. The van der Waals surface area contributed by atoms with Crippen molar-refractivity contribution >= 4 is 22.9 Å². The molecule has 0 spiro atoms. The second-order valence-corrected chi connectivity index (χ2v) is 9.00. The number of allylic oxidation sites excluding steroid dienone is 1. The Morgan fingerprint density at radius 3 is 2.51 bits per heavy atom. The summed E-state index contributed by atoms with van der Waals surface area (Å²) in [5, 5.41) is 8.29. The molecule has 3 aromatic carbocycles. The number of aromatic nitrogens is 2. The summed E-state index contributed by atoms with van der Waals surface area (Å²) in [6.07, 6.45) is 0.826. The first-order valence-corrected chi connectivity index (χ1v) is 11.9. The summed E-state index contributed by atoms with van der Waals surface area (Å²) in [5.74, 6) is 0.636. The molecule has 0 aliphatic carbocycles. The van der Waals surface area contributed by atoms with E-state index in [1.807, 2.05) is 56.3 Å². The summed E-state index contributed by atoms with van der Waals surface area (Å²) in [6.45, 7) is 4.74. The number of rotatable bonds is 6. The Bertz CT molecular complexity index is 1380. The molecule has 5 nitrogen and oxygen atoms in total. The zero-order valence-electron chi connectivity index (χ0n) is 19.5. The lowest BCUT2D eigenvalue weighted by Crippen LogP contribution is -2.46. The molecule has 7 heteroatoms. The van der Waals surface area contributed by atoms with Crippen molar-refractivity contribution in [3.05, 3.63) is 113 Å². The molecule has 176 valence electrons. The third-order valence-corrected chi connectivity index (χ3v) is 6.54. The maximum atomic E-state index is 13.7. The van der Waals surface area contributed by atoms with E-state index in [1.165, 1.54) is 17.7 Å². The van der Waals surface area contributed by atoms with Crippen molar-refractivity contribution < 1.29 is 8.91 Å². The van der Waals surface area contributed by atoms with E-state index >= 15 is 0 Å². The number of nitrogens with one attached hydrogen (secondary N) is 1. The van der Waals surface area contributed by atoms with Gasteiger partial charge in [-0.3, -0.25) is 0 Å². The first kappa shape index (κ1) is 22.9. The van der Waals surface area contributed by atoms with E-state index < -0.39 is 0 Å². The minimum absolute atomic E-state index is 0.293. The average Bonchev–Trinajstić information content (AvgIpc) is 3.34. The maximum absolute atomic E-state index is 13.7. The van der Waals surface area contributed by atoms with Crippen LogP contribution >= 0.6 is 12.2 Å². The SMILES string of the molecule is CC1=C(c2nc(-c3cccc(C)c3)no2)C(c2ccc(F)cc2)NC(=S)N1CCc1ccccc1. The topological polar surface area (TPSA) is 54.2 Å². The van der Waals surface area contributed by atoms with Crippen molar-refractivity contribution in [2.45, 2.75) is 26.3 Å². The highest BCUT2D eigenvalue weighted by Gasteiger charge is 2.34. The lowest BCUT2D eigenvalue weighted by atomic mass is 9.94. The van der Waals surface area contributed by atoms with Crippen molar-refractivity contribution in [3.63, 3.8) is 0 Å². The van der Waals surface area contributed by atoms with Crippen molar-refractivity contribution in [2.24, 2.45) is 0 Å². The Hall–Kier alpha value is -3.84. The molecule has 4 aromatic rings. The van der Waals surface area contributed by atoms with Crippen molar-refractivity contribution in [3.8, 4) is 11.4 Å². The van der Waals surface area contributed by atoms with E-state index in [-0.39, 0.29) is 11.9 Å². The molecule has 0 saturated heterocycles. The molecule has 1 aliphatic rings. The number of hydrogen-bond donors (Lipinski definition) is 1. The minimum Gasteiger partial charge on any atom is -0.351 e. The molecular weight excluding hydrogens is 459 g/mol. The molecule has 0 saturated carbocycles. The van der Waals surface area contributed by atoms with Crippen LogP contribution in [0.3, 0.4) is 0 Å². The first-order valence-electron chi connectivity index (χ1n) is 11.5. The van der Waals surface area contributed by atoms with Crippen LogP contribution in [-0.2, 0) is 6.42 Å². The zero-order chi connectivity index (χ0) is 24.4. The summed E-state index contributed by atoms with van der Waals surface area (Å²) in [7, 11) is 0. The van der Waals surface area contributed by atoms with Gasteiger partial charge in [-0.15, -0.1) is 0 Å². The van der Waals surface area contributed by atoms with E-state index in [2.05, 4.69) is 27.5 Å². The first-order chi connectivity index (χ1) is 17.0. The van der Waals surface area contributed by atoms with E-state index in [0.717, 1.165) is 34.4 Å². The van der Waals surface area contributed by atoms with Gasteiger partial charge >= 0.3 is 0 Å². The highest BCUT2D eigenvalue weighted by molar-refractivity contribution is 7.80. The van der Waals surface area contributed by atoms with Gasteiger partial charge in [0, 0.05) is 17.8 Å². The fourth-order valence-electron chi connectivity index (χ4n) is 4.35. The van der Waals surface area contributed by atoms with Gasteiger partial charge in [-0.1, -0.05) is 71.4 Å². The predicted molar refractivity (Wildman–Crippen MR) is 139 cm³/mol. The zero-order valence-corrected chi connectivity index (χ0v) is 20.3. The molecule has 1 N–H and O–H groups in total. The molecule has 1 aromatic heterocycles. The van der Waals surface area contributed by atoms with Crippen LogP contribution in [0.25, 0.3) is 17.0 Å². The summed E-state index contributed by atoms with van der Waals surface area (Å²) in [6, 6.07) is 24.3. The Labute approximate surface area is 209 Å². The quantitative estimate of drug-likeness (QED) is 0.334. The third-order valence-electron chi connectivity index (χ3n) is 6.20. The molecule has 0 fully saturated rings. The smallest absolute Gasteiger partial charge is 0.258 e. The lowest BCUT2D eigenvalue weighted by molar-refractivity contribution is 0.397. The van der Waals surface area contributed by atoms with Gasteiger partial charge in [-0.25, -0.2) is 4.39 Å². The van der Waals surface area contributed by atoms with Gasteiger partial charge < -0.3 is 14.7 Å². The van der Waals surface area contributed by atoms with Crippen LogP contribution < -0.4 is 5.32 Å². The number of thiocarbonyl (C=S) groups is 1. The molecular formula is C28H25FN4OS. The average molecular weight is 485 g/mol. The Balaban J connectivity index is 1.55. The van der Waals surface area contributed by atoms with Crippen LogP contribution in [0.4, 0.5) is 4.39 Å². The van der Waals surface area contributed by atoms with Gasteiger partial charge in [0.1, 0.15) is 5.82 Å². The normalized spacial score (nSPS) is 15.9. The molecule has 5 rings (SSSR count). The van der Waals surface area contributed by atoms with Crippen molar-refractivity contribution in [1.82, 2.24) is 20.4 Å². The van der Waals surface area contributed by atoms with Crippen molar-refractivity contribution in [2.75, 3.05) is 6.54 Å². The van der Waals surface area contributed by atoms with Crippen LogP contribution in [-0.4, -0.2) is 26.7 Å². The number of hydrogen-bond acceptors (Lipinski definition) is 4. The van der Waals surface area contributed by atoms with Gasteiger partial charge in [0.2, 0.25) is 5.82 Å². The van der Waals surface area contributed by atoms with E-state index in [9.17, 15) is 4.39 Å². The Morgan fingerprint density at radius 1 is 1.00 bits per heavy atom. The Morgan fingerprint density at radius 2 is 1.77 bits per heavy atom. The highest BCUT2D eigenvalue weighted by atomic mass is 32.1. The predicted octanol–water partition coefficient (Wildman–Crippen LogP) is 6.09.